The molecule has 166 valence electrons. The fraction of sp³-hybridized carbons (Fsp3) is 0.500. The van der Waals surface area contributed by atoms with Crippen molar-refractivity contribution in [2.24, 2.45) is 5.92 Å². The van der Waals surface area contributed by atoms with E-state index in [0.717, 1.165) is 38.2 Å². The number of benzene rings is 1. The van der Waals surface area contributed by atoms with Crippen molar-refractivity contribution >= 4 is 23.4 Å². The second kappa shape index (κ2) is 8.15. The Bertz CT molecular complexity index is 1000. The average molecular weight is 450 g/mol. The third kappa shape index (κ3) is 4.39. The molecule has 2 amide bonds. The quantitative estimate of drug-likeness (QED) is 0.699. The first kappa shape index (κ1) is 21.6. The molecule has 3 saturated carbocycles. The Kier molecular flexibility index (Phi) is 5.68. The topological polar surface area (TPSA) is 93.5 Å². The maximum atomic E-state index is 13.5. The maximum Gasteiger partial charge on any atom is 0.290 e. The molecule has 0 aliphatic heterocycles. The molecule has 31 heavy (non-hydrogen) atoms. The molecule has 0 saturated heterocycles. The van der Waals surface area contributed by atoms with E-state index in [2.05, 4.69) is 22.7 Å². The Morgan fingerprint density at radius 3 is 2.61 bits per heavy atom. The van der Waals surface area contributed by atoms with E-state index in [1.165, 1.54) is 12.1 Å². The molecule has 5 rings (SSSR count). The van der Waals surface area contributed by atoms with Crippen LogP contribution in [0.4, 0.5) is 4.39 Å². The summed E-state index contributed by atoms with van der Waals surface area (Å²) in [4.78, 5) is 25.1. The summed E-state index contributed by atoms with van der Waals surface area (Å²) in [6, 6.07) is 5.69. The molecule has 3 aliphatic rings. The van der Waals surface area contributed by atoms with Crippen LogP contribution in [0.1, 0.15) is 55.3 Å². The van der Waals surface area contributed by atoms with Gasteiger partial charge in [0.25, 0.3) is 11.8 Å². The standard InChI is InChI=1S/C22H25ClFN3O4/c1-13-11-21(26-20(29)18-9-14(2)27-31-18)5-7-22(13,8-6-21)25-19(28)12-30-15-3-4-16(23)17(24)10-15/h3-4,9-10,13H,5-8,11-12H2,1-2H3,(H,25,28)(H,26,29). The molecule has 2 N–H and O–H groups in total. The van der Waals surface area contributed by atoms with Crippen molar-refractivity contribution in [2.75, 3.05) is 6.61 Å². The van der Waals surface area contributed by atoms with Gasteiger partial charge in [-0.1, -0.05) is 23.7 Å². The van der Waals surface area contributed by atoms with Crippen LogP contribution in [0.2, 0.25) is 5.02 Å². The summed E-state index contributed by atoms with van der Waals surface area (Å²) in [6.45, 7) is 3.65. The highest BCUT2D eigenvalue weighted by Gasteiger charge is 2.54. The van der Waals surface area contributed by atoms with Crippen molar-refractivity contribution in [2.45, 2.75) is 57.0 Å². The lowest BCUT2D eigenvalue weighted by atomic mass is 9.56. The Hall–Kier alpha value is -2.61. The highest BCUT2D eigenvalue weighted by Crippen LogP contribution is 2.50. The third-order valence-corrected chi connectivity index (χ3v) is 6.93. The molecule has 2 aromatic rings. The second-order valence-corrected chi connectivity index (χ2v) is 9.15. The number of nitrogens with zero attached hydrogens (tertiary/aromatic N) is 1. The summed E-state index contributed by atoms with van der Waals surface area (Å²) in [7, 11) is 0. The van der Waals surface area contributed by atoms with Gasteiger partial charge in [0.05, 0.1) is 10.7 Å². The Labute approximate surface area is 184 Å². The minimum absolute atomic E-state index is 0.00273. The summed E-state index contributed by atoms with van der Waals surface area (Å²) in [5.74, 6) is -0.466. The fourth-order valence-corrected chi connectivity index (χ4v) is 5.00. The van der Waals surface area contributed by atoms with Gasteiger partial charge in [-0.3, -0.25) is 9.59 Å². The highest BCUT2D eigenvalue weighted by molar-refractivity contribution is 6.30. The number of halogens is 2. The summed E-state index contributed by atoms with van der Waals surface area (Å²) >= 11 is 5.66. The van der Waals surface area contributed by atoms with Gasteiger partial charge in [0.15, 0.2) is 6.61 Å². The molecule has 3 fully saturated rings. The smallest absolute Gasteiger partial charge is 0.290 e. The number of aryl methyl sites for hydroxylation is 1. The summed E-state index contributed by atoms with van der Waals surface area (Å²) in [5.41, 5.74) is 0.0238. The number of hydrogen-bond acceptors (Lipinski definition) is 5. The second-order valence-electron chi connectivity index (χ2n) is 8.74. The van der Waals surface area contributed by atoms with Gasteiger partial charge in [-0.2, -0.15) is 0 Å². The van der Waals surface area contributed by atoms with Gasteiger partial charge in [0, 0.05) is 23.2 Å². The Morgan fingerprint density at radius 1 is 1.26 bits per heavy atom. The largest absolute Gasteiger partial charge is 0.484 e. The van der Waals surface area contributed by atoms with Crippen LogP contribution in [0.15, 0.2) is 28.8 Å². The minimum Gasteiger partial charge on any atom is -0.484 e. The molecule has 1 atom stereocenters. The number of hydrogen-bond donors (Lipinski definition) is 2. The normalized spacial score (nSPS) is 27.0. The maximum absolute atomic E-state index is 13.5. The van der Waals surface area contributed by atoms with Crippen LogP contribution < -0.4 is 15.4 Å². The summed E-state index contributed by atoms with van der Waals surface area (Å²) < 4.78 is 24.0. The Morgan fingerprint density at radius 2 is 2.00 bits per heavy atom. The predicted molar refractivity (Wildman–Crippen MR) is 111 cm³/mol. The first-order valence-corrected chi connectivity index (χ1v) is 10.7. The number of ether oxygens (including phenoxy) is 1. The monoisotopic (exact) mass is 449 g/mol. The van der Waals surface area contributed by atoms with Crippen molar-refractivity contribution in [3.8, 4) is 5.75 Å². The van der Waals surface area contributed by atoms with Crippen LogP contribution in [0.3, 0.4) is 0 Å². The molecular formula is C22H25ClFN3O4. The summed E-state index contributed by atoms with van der Waals surface area (Å²) in [6.07, 6.45) is 3.80. The zero-order valence-electron chi connectivity index (χ0n) is 17.5. The van der Waals surface area contributed by atoms with Gasteiger partial charge >= 0.3 is 0 Å². The van der Waals surface area contributed by atoms with Crippen molar-refractivity contribution in [1.29, 1.82) is 0 Å². The Balaban J connectivity index is 1.34. The van der Waals surface area contributed by atoms with Crippen molar-refractivity contribution < 1.29 is 23.2 Å². The molecule has 1 unspecified atom stereocenters. The minimum atomic E-state index is -0.592. The number of amides is 2. The van der Waals surface area contributed by atoms with Crippen molar-refractivity contribution in [3.63, 3.8) is 0 Å². The SMILES string of the molecule is Cc1cc(C(=O)NC23CCC(NC(=O)COc4ccc(Cl)c(F)c4)(CC2)C(C)C3)on1. The molecule has 1 heterocycles. The van der Waals surface area contributed by atoms with E-state index >= 15 is 0 Å². The van der Waals surface area contributed by atoms with Crippen LogP contribution in [0.5, 0.6) is 5.75 Å². The molecule has 7 nitrogen and oxygen atoms in total. The molecule has 1 aromatic carbocycles. The van der Waals surface area contributed by atoms with Gasteiger partial charge in [-0.25, -0.2) is 4.39 Å². The third-order valence-electron chi connectivity index (χ3n) is 6.62. The van der Waals surface area contributed by atoms with Gasteiger partial charge in [0.1, 0.15) is 11.6 Å². The number of carbonyl (C=O) groups is 2. The predicted octanol–water partition coefficient (Wildman–Crippen LogP) is 3.79. The first-order valence-electron chi connectivity index (χ1n) is 10.4. The zero-order valence-corrected chi connectivity index (χ0v) is 18.2. The van der Waals surface area contributed by atoms with E-state index in [1.54, 1.807) is 13.0 Å². The van der Waals surface area contributed by atoms with E-state index in [1.807, 2.05) is 0 Å². The number of nitrogens with one attached hydrogen (secondary N) is 2. The van der Waals surface area contributed by atoms with Crippen molar-refractivity contribution in [3.05, 3.63) is 46.6 Å². The van der Waals surface area contributed by atoms with Crippen LogP contribution >= 0.6 is 11.6 Å². The highest BCUT2D eigenvalue weighted by atomic mass is 35.5. The zero-order chi connectivity index (χ0) is 22.2. The van der Waals surface area contributed by atoms with E-state index in [9.17, 15) is 14.0 Å². The summed E-state index contributed by atoms with van der Waals surface area (Å²) in [5, 5.41) is 10.1. The molecule has 0 radical (unpaired) electrons. The van der Waals surface area contributed by atoms with Crippen LogP contribution in [-0.2, 0) is 4.79 Å². The molecule has 9 heteroatoms. The van der Waals surface area contributed by atoms with E-state index in [-0.39, 0.29) is 51.9 Å². The average Bonchev–Trinajstić information content (AvgIpc) is 3.17. The van der Waals surface area contributed by atoms with E-state index in [0.29, 0.717) is 5.69 Å². The van der Waals surface area contributed by atoms with Crippen LogP contribution in [0.25, 0.3) is 0 Å². The lowest BCUT2D eigenvalue weighted by Crippen LogP contribution is -2.67. The van der Waals surface area contributed by atoms with Gasteiger partial charge in [-0.05, 0) is 57.1 Å². The van der Waals surface area contributed by atoms with Crippen LogP contribution in [-0.4, -0.2) is 34.7 Å². The van der Waals surface area contributed by atoms with E-state index in [4.69, 9.17) is 20.9 Å². The molecule has 2 bridgehead atoms. The number of fused-ring (bicyclic) bond motifs is 3. The van der Waals surface area contributed by atoms with Gasteiger partial charge in [-0.15, -0.1) is 0 Å². The number of aromatic nitrogens is 1. The molecule has 1 aromatic heterocycles. The lowest BCUT2D eigenvalue weighted by Gasteiger charge is -2.57. The fourth-order valence-electron chi connectivity index (χ4n) is 4.88. The lowest BCUT2D eigenvalue weighted by molar-refractivity contribution is -0.128. The molecular weight excluding hydrogens is 425 g/mol. The van der Waals surface area contributed by atoms with Crippen molar-refractivity contribution in [1.82, 2.24) is 15.8 Å². The number of carbonyl (C=O) groups excluding carboxylic acids is 2. The molecule has 3 aliphatic carbocycles. The first-order chi connectivity index (χ1) is 14.7. The number of rotatable bonds is 6. The van der Waals surface area contributed by atoms with Gasteiger partial charge < -0.3 is 19.9 Å². The van der Waals surface area contributed by atoms with E-state index < -0.39 is 5.82 Å². The molecule has 0 spiro atoms. The van der Waals surface area contributed by atoms with Crippen LogP contribution in [0, 0.1) is 18.7 Å². The van der Waals surface area contributed by atoms with Gasteiger partial charge in [0.2, 0.25) is 5.76 Å².